The van der Waals surface area contributed by atoms with Crippen molar-refractivity contribution < 1.29 is 9.32 Å². The van der Waals surface area contributed by atoms with E-state index in [-0.39, 0.29) is 5.91 Å². The zero-order valence-corrected chi connectivity index (χ0v) is 11.1. The Balaban J connectivity index is 1.72. The number of amides is 1. The van der Waals surface area contributed by atoms with Crippen molar-refractivity contribution in [1.29, 1.82) is 0 Å². The Labute approximate surface area is 108 Å². The molecule has 1 fully saturated rings. The van der Waals surface area contributed by atoms with Gasteiger partial charge in [-0.2, -0.15) is 0 Å². The van der Waals surface area contributed by atoms with Gasteiger partial charge in [0.1, 0.15) is 5.76 Å². The summed E-state index contributed by atoms with van der Waals surface area (Å²) >= 11 is 0. The molecule has 0 saturated heterocycles. The Bertz CT molecular complexity index is 397. The Morgan fingerprint density at radius 3 is 2.89 bits per heavy atom. The maximum Gasteiger partial charge on any atom is 0.234 e. The van der Waals surface area contributed by atoms with E-state index in [0.29, 0.717) is 19.1 Å². The summed E-state index contributed by atoms with van der Waals surface area (Å²) in [5.41, 5.74) is 0.865. The van der Waals surface area contributed by atoms with Crippen LogP contribution in [0.3, 0.4) is 0 Å². The van der Waals surface area contributed by atoms with E-state index in [1.54, 1.807) is 0 Å². The van der Waals surface area contributed by atoms with Crippen LogP contribution >= 0.6 is 0 Å². The van der Waals surface area contributed by atoms with E-state index in [1.165, 1.54) is 12.8 Å². The number of likely N-dealkylation sites (N-methyl/N-ethyl adjacent to an activating group) is 1. The molecular formula is C13H21N3O2. The summed E-state index contributed by atoms with van der Waals surface area (Å²) < 4.78 is 5.00. The molecule has 1 aliphatic rings. The fourth-order valence-electron chi connectivity index (χ4n) is 2.41. The summed E-state index contributed by atoms with van der Waals surface area (Å²) in [5, 5.41) is 6.99. The molecular weight excluding hydrogens is 230 g/mol. The number of carbonyl (C=O) groups is 1. The van der Waals surface area contributed by atoms with Crippen LogP contribution in [0.15, 0.2) is 10.6 Å². The molecule has 0 radical (unpaired) electrons. The molecule has 1 heterocycles. The fourth-order valence-corrected chi connectivity index (χ4v) is 2.41. The number of aromatic nitrogens is 1. The lowest BCUT2D eigenvalue weighted by molar-refractivity contribution is -0.122. The largest absolute Gasteiger partial charge is 0.361 e. The van der Waals surface area contributed by atoms with Crippen molar-refractivity contribution in [2.45, 2.75) is 45.2 Å². The molecule has 5 nitrogen and oxygen atoms in total. The summed E-state index contributed by atoms with van der Waals surface area (Å²) in [6.07, 6.45) is 4.72. The van der Waals surface area contributed by atoms with Crippen molar-refractivity contribution in [1.82, 2.24) is 15.4 Å². The van der Waals surface area contributed by atoms with E-state index in [9.17, 15) is 4.79 Å². The molecule has 0 bridgehead atoms. The van der Waals surface area contributed by atoms with E-state index >= 15 is 0 Å². The van der Waals surface area contributed by atoms with E-state index in [0.717, 1.165) is 24.3 Å². The van der Waals surface area contributed by atoms with Crippen molar-refractivity contribution in [3.8, 4) is 0 Å². The minimum atomic E-state index is 0.101. The van der Waals surface area contributed by atoms with Crippen molar-refractivity contribution in [3.05, 3.63) is 17.5 Å². The van der Waals surface area contributed by atoms with Crippen LogP contribution in [0.2, 0.25) is 0 Å². The maximum atomic E-state index is 11.8. The molecule has 1 aromatic heterocycles. The average Bonchev–Trinajstić information content (AvgIpc) is 2.90. The lowest BCUT2D eigenvalue weighted by Crippen LogP contribution is -2.39. The zero-order valence-electron chi connectivity index (χ0n) is 11.1. The van der Waals surface area contributed by atoms with Crippen LogP contribution in [0, 0.1) is 6.92 Å². The van der Waals surface area contributed by atoms with Gasteiger partial charge in [0, 0.05) is 18.7 Å². The summed E-state index contributed by atoms with van der Waals surface area (Å²) in [7, 11) is 1.91. The number of nitrogens with zero attached hydrogens (tertiary/aromatic N) is 2. The minimum Gasteiger partial charge on any atom is -0.361 e. The molecule has 0 aliphatic heterocycles. The number of rotatable bonds is 5. The monoisotopic (exact) mass is 251 g/mol. The topological polar surface area (TPSA) is 58.4 Å². The van der Waals surface area contributed by atoms with Crippen molar-refractivity contribution in [2.75, 3.05) is 13.6 Å². The third-order valence-corrected chi connectivity index (χ3v) is 3.24. The van der Waals surface area contributed by atoms with Crippen molar-refractivity contribution >= 4 is 5.91 Å². The van der Waals surface area contributed by atoms with Crippen LogP contribution in [-0.2, 0) is 11.3 Å². The second kappa shape index (κ2) is 6.00. The van der Waals surface area contributed by atoms with Gasteiger partial charge in [0.05, 0.1) is 12.2 Å². The lowest BCUT2D eigenvalue weighted by Gasteiger charge is -2.17. The van der Waals surface area contributed by atoms with Crippen molar-refractivity contribution in [2.24, 2.45) is 0 Å². The Kier molecular flexibility index (Phi) is 4.36. The normalized spacial score (nSPS) is 16.4. The first-order chi connectivity index (χ1) is 8.63. The van der Waals surface area contributed by atoms with Gasteiger partial charge < -0.3 is 9.84 Å². The Hall–Kier alpha value is -1.36. The van der Waals surface area contributed by atoms with Gasteiger partial charge in [0.25, 0.3) is 0 Å². The highest BCUT2D eigenvalue weighted by Crippen LogP contribution is 2.17. The van der Waals surface area contributed by atoms with Crippen LogP contribution in [-0.4, -0.2) is 35.6 Å². The molecule has 1 saturated carbocycles. The molecule has 1 amide bonds. The molecule has 0 unspecified atom stereocenters. The smallest absolute Gasteiger partial charge is 0.234 e. The molecule has 0 atom stereocenters. The number of hydrogen-bond acceptors (Lipinski definition) is 4. The van der Waals surface area contributed by atoms with E-state index in [2.05, 4.69) is 10.5 Å². The van der Waals surface area contributed by atoms with E-state index < -0.39 is 0 Å². The van der Waals surface area contributed by atoms with Gasteiger partial charge >= 0.3 is 0 Å². The molecule has 100 valence electrons. The second-order valence-corrected chi connectivity index (χ2v) is 5.15. The predicted octanol–water partition coefficient (Wildman–Crippen LogP) is 1.47. The highest BCUT2D eigenvalue weighted by Gasteiger charge is 2.18. The van der Waals surface area contributed by atoms with Gasteiger partial charge in [-0.1, -0.05) is 18.0 Å². The summed E-state index contributed by atoms with van der Waals surface area (Å²) in [6, 6.07) is 2.28. The summed E-state index contributed by atoms with van der Waals surface area (Å²) in [6.45, 7) is 2.90. The molecule has 1 aliphatic carbocycles. The number of nitrogens with one attached hydrogen (secondary N) is 1. The van der Waals surface area contributed by atoms with Crippen LogP contribution in [0.25, 0.3) is 0 Å². The number of aryl methyl sites for hydroxylation is 1. The quantitative estimate of drug-likeness (QED) is 0.861. The first-order valence-electron chi connectivity index (χ1n) is 6.53. The molecule has 2 rings (SSSR count). The molecule has 1 N–H and O–H groups in total. The third kappa shape index (κ3) is 3.84. The standard InChI is InChI=1S/C13H21N3O2/c1-10-7-12(15-18-10)8-16(2)9-13(17)14-11-5-3-4-6-11/h7,11H,3-6,8-9H2,1-2H3,(H,14,17). The highest BCUT2D eigenvalue weighted by atomic mass is 16.5. The first kappa shape index (κ1) is 13.1. The Morgan fingerprint density at radius 1 is 1.56 bits per heavy atom. The first-order valence-corrected chi connectivity index (χ1v) is 6.53. The predicted molar refractivity (Wildman–Crippen MR) is 68.0 cm³/mol. The van der Waals surface area contributed by atoms with Crippen LogP contribution < -0.4 is 5.32 Å². The van der Waals surface area contributed by atoms with Crippen LogP contribution in [0.1, 0.15) is 37.1 Å². The van der Waals surface area contributed by atoms with Gasteiger partial charge in [-0.05, 0) is 26.8 Å². The van der Waals surface area contributed by atoms with Gasteiger partial charge in [0.2, 0.25) is 5.91 Å². The summed E-state index contributed by atoms with van der Waals surface area (Å²) in [5.74, 6) is 0.901. The lowest BCUT2D eigenvalue weighted by atomic mass is 10.2. The highest BCUT2D eigenvalue weighted by molar-refractivity contribution is 5.78. The average molecular weight is 251 g/mol. The van der Waals surface area contributed by atoms with Gasteiger partial charge in [-0.15, -0.1) is 0 Å². The maximum absolute atomic E-state index is 11.8. The second-order valence-electron chi connectivity index (χ2n) is 5.15. The molecule has 5 heteroatoms. The van der Waals surface area contributed by atoms with Gasteiger partial charge in [-0.3, -0.25) is 9.69 Å². The van der Waals surface area contributed by atoms with E-state index in [4.69, 9.17) is 4.52 Å². The van der Waals surface area contributed by atoms with Crippen LogP contribution in [0.5, 0.6) is 0 Å². The van der Waals surface area contributed by atoms with E-state index in [1.807, 2.05) is 24.9 Å². The molecule has 1 aromatic rings. The minimum absolute atomic E-state index is 0.101. The molecule has 0 spiro atoms. The van der Waals surface area contributed by atoms with Gasteiger partial charge in [0.15, 0.2) is 0 Å². The fraction of sp³-hybridized carbons (Fsp3) is 0.692. The van der Waals surface area contributed by atoms with Crippen molar-refractivity contribution in [3.63, 3.8) is 0 Å². The SMILES string of the molecule is Cc1cc(CN(C)CC(=O)NC2CCCC2)no1. The van der Waals surface area contributed by atoms with Crippen LogP contribution in [0.4, 0.5) is 0 Å². The zero-order chi connectivity index (χ0) is 13.0. The third-order valence-electron chi connectivity index (χ3n) is 3.24. The number of hydrogen-bond donors (Lipinski definition) is 1. The number of carbonyl (C=O) groups excluding carboxylic acids is 1. The Morgan fingerprint density at radius 2 is 2.28 bits per heavy atom. The molecule has 0 aromatic carbocycles. The van der Waals surface area contributed by atoms with Gasteiger partial charge in [-0.25, -0.2) is 0 Å². The molecule has 18 heavy (non-hydrogen) atoms. The summed E-state index contributed by atoms with van der Waals surface area (Å²) in [4.78, 5) is 13.8.